The molecular weight excluding hydrogens is 433 g/mol. The van der Waals surface area contributed by atoms with Gasteiger partial charge in [-0.1, -0.05) is 53.0 Å². The zero-order chi connectivity index (χ0) is 20.4. The molecule has 1 saturated heterocycles. The summed E-state index contributed by atoms with van der Waals surface area (Å²) in [5.74, 6) is -0.271. The first-order chi connectivity index (χ1) is 14.0. The Kier molecular flexibility index (Phi) is 6.32. The van der Waals surface area contributed by atoms with Gasteiger partial charge in [0.2, 0.25) is 0 Å². The van der Waals surface area contributed by atoms with Crippen molar-refractivity contribution in [2.45, 2.75) is 6.04 Å². The predicted octanol–water partition coefficient (Wildman–Crippen LogP) is 4.93. The number of aromatic nitrogens is 1. The Morgan fingerprint density at radius 1 is 1.14 bits per heavy atom. The molecule has 8 heteroatoms. The molecule has 0 bridgehead atoms. The van der Waals surface area contributed by atoms with Gasteiger partial charge in [-0.3, -0.25) is 9.69 Å². The molecule has 5 nitrogen and oxygen atoms in total. The average molecular weight is 453 g/mol. The molecule has 0 spiro atoms. The van der Waals surface area contributed by atoms with Gasteiger partial charge in [-0.15, -0.1) is 0 Å². The highest BCUT2D eigenvalue weighted by Gasteiger charge is 2.26. The van der Waals surface area contributed by atoms with Crippen LogP contribution >= 0.6 is 34.8 Å². The number of morpholine rings is 1. The third kappa shape index (κ3) is 4.39. The number of hydrogen-bond acceptors (Lipinski definition) is 3. The largest absolute Gasteiger partial charge is 0.379 e. The lowest BCUT2D eigenvalue weighted by Gasteiger charge is -2.35. The molecule has 0 aliphatic carbocycles. The minimum atomic E-state index is -0.271. The predicted molar refractivity (Wildman–Crippen MR) is 117 cm³/mol. The van der Waals surface area contributed by atoms with E-state index in [1.807, 2.05) is 24.3 Å². The molecule has 2 heterocycles. The molecular formula is C21H20Cl3N3O2. The van der Waals surface area contributed by atoms with Crippen molar-refractivity contribution < 1.29 is 9.53 Å². The molecule has 1 unspecified atom stereocenters. The molecule has 2 N–H and O–H groups in total. The maximum absolute atomic E-state index is 12.9. The zero-order valence-corrected chi connectivity index (χ0v) is 17.8. The van der Waals surface area contributed by atoms with E-state index in [1.54, 1.807) is 18.2 Å². The number of aromatic amines is 1. The Labute approximate surface area is 183 Å². The summed E-state index contributed by atoms with van der Waals surface area (Å²) in [6, 6.07) is 13.0. The molecule has 1 aromatic heterocycles. The summed E-state index contributed by atoms with van der Waals surface area (Å²) < 4.78 is 5.47. The van der Waals surface area contributed by atoms with Gasteiger partial charge < -0.3 is 15.0 Å². The number of amides is 1. The van der Waals surface area contributed by atoms with Crippen molar-refractivity contribution >= 4 is 51.6 Å². The summed E-state index contributed by atoms with van der Waals surface area (Å²) in [4.78, 5) is 18.2. The van der Waals surface area contributed by atoms with E-state index < -0.39 is 0 Å². The lowest BCUT2D eigenvalue weighted by atomic mass is 10.0. The van der Waals surface area contributed by atoms with Crippen molar-refractivity contribution in [1.29, 1.82) is 0 Å². The highest BCUT2D eigenvalue weighted by Crippen LogP contribution is 2.31. The molecule has 0 saturated carbocycles. The number of halogens is 3. The fourth-order valence-electron chi connectivity index (χ4n) is 3.64. The molecule has 29 heavy (non-hydrogen) atoms. The van der Waals surface area contributed by atoms with E-state index in [-0.39, 0.29) is 11.9 Å². The number of nitrogens with zero attached hydrogens (tertiary/aromatic N) is 1. The smallest absolute Gasteiger partial charge is 0.269 e. The number of fused-ring (bicyclic) bond motifs is 1. The van der Waals surface area contributed by atoms with Gasteiger partial charge in [-0.25, -0.2) is 0 Å². The lowest BCUT2D eigenvalue weighted by molar-refractivity contribution is 0.0162. The SMILES string of the molecule is O=C(NCC(c1ccccc1Cl)N1CCOCC1)c1[nH]c2ccc(Cl)cc2c1Cl. The maximum Gasteiger partial charge on any atom is 0.269 e. The first kappa shape index (κ1) is 20.5. The summed E-state index contributed by atoms with van der Waals surface area (Å²) in [5, 5.41) is 5.34. The summed E-state index contributed by atoms with van der Waals surface area (Å²) >= 11 is 18.9. The Morgan fingerprint density at radius 3 is 2.66 bits per heavy atom. The van der Waals surface area contributed by atoms with E-state index in [2.05, 4.69) is 15.2 Å². The van der Waals surface area contributed by atoms with Crippen LogP contribution in [0.1, 0.15) is 22.1 Å². The maximum atomic E-state index is 12.9. The molecule has 1 atom stereocenters. The number of rotatable bonds is 5. The van der Waals surface area contributed by atoms with E-state index >= 15 is 0 Å². The third-order valence-corrected chi connectivity index (χ3v) is 6.10. The quantitative estimate of drug-likeness (QED) is 0.577. The molecule has 3 aromatic rings. The van der Waals surface area contributed by atoms with Gasteiger partial charge in [0.15, 0.2) is 0 Å². The molecule has 2 aromatic carbocycles. The van der Waals surface area contributed by atoms with Crippen LogP contribution in [-0.2, 0) is 4.74 Å². The minimum Gasteiger partial charge on any atom is -0.379 e. The second-order valence-corrected chi connectivity index (χ2v) is 8.12. The van der Waals surface area contributed by atoms with E-state index in [1.165, 1.54) is 0 Å². The van der Waals surface area contributed by atoms with Crippen molar-refractivity contribution in [2.24, 2.45) is 0 Å². The average Bonchev–Trinajstić information content (AvgIpc) is 3.06. The number of carbonyl (C=O) groups is 1. The highest BCUT2D eigenvalue weighted by molar-refractivity contribution is 6.39. The topological polar surface area (TPSA) is 57.4 Å². The standard InChI is InChI=1S/C21H20Cl3N3O2/c22-13-5-6-17-15(11-13)19(24)20(26-17)21(28)25-12-18(27-7-9-29-10-8-27)14-3-1-2-4-16(14)23/h1-6,11,18,26H,7-10,12H2,(H,25,28). The van der Waals surface area contributed by atoms with Gasteiger partial charge in [0, 0.05) is 40.6 Å². The van der Waals surface area contributed by atoms with E-state index in [9.17, 15) is 4.79 Å². The number of nitrogens with one attached hydrogen (secondary N) is 2. The Morgan fingerprint density at radius 2 is 1.90 bits per heavy atom. The van der Waals surface area contributed by atoms with E-state index in [4.69, 9.17) is 39.5 Å². The molecule has 1 amide bonds. The Balaban J connectivity index is 1.56. The molecule has 0 radical (unpaired) electrons. The first-order valence-electron chi connectivity index (χ1n) is 9.35. The van der Waals surface area contributed by atoms with Crippen LogP contribution in [0.5, 0.6) is 0 Å². The normalized spacial score (nSPS) is 16.1. The number of H-pyrrole nitrogens is 1. The second-order valence-electron chi connectivity index (χ2n) is 6.90. The Hall–Kier alpha value is -1.76. The van der Waals surface area contributed by atoms with Crippen LogP contribution in [0.2, 0.25) is 15.1 Å². The first-order valence-corrected chi connectivity index (χ1v) is 10.5. The van der Waals surface area contributed by atoms with Crippen LogP contribution < -0.4 is 5.32 Å². The van der Waals surface area contributed by atoms with E-state index in [0.29, 0.717) is 40.5 Å². The summed E-state index contributed by atoms with van der Waals surface area (Å²) in [5.41, 5.74) is 2.06. The Bertz CT molecular complexity index is 1030. The van der Waals surface area contributed by atoms with Crippen LogP contribution in [0.25, 0.3) is 10.9 Å². The lowest BCUT2D eigenvalue weighted by Crippen LogP contribution is -2.44. The van der Waals surface area contributed by atoms with Crippen molar-refractivity contribution in [3.63, 3.8) is 0 Å². The zero-order valence-electron chi connectivity index (χ0n) is 15.6. The van der Waals surface area contributed by atoms with Gasteiger partial charge in [0.25, 0.3) is 5.91 Å². The monoisotopic (exact) mass is 451 g/mol. The van der Waals surface area contributed by atoms with Crippen LogP contribution in [0, 0.1) is 0 Å². The van der Waals surface area contributed by atoms with Crippen molar-refractivity contribution in [3.05, 3.63) is 68.8 Å². The van der Waals surface area contributed by atoms with Crippen LogP contribution in [0.15, 0.2) is 42.5 Å². The number of ether oxygens (including phenoxy) is 1. The van der Waals surface area contributed by atoms with E-state index in [0.717, 1.165) is 29.6 Å². The fraction of sp³-hybridized carbons (Fsp3) is 0.286. The van der Waals surface area contributed by atoms with Crippen molar-refractivity contribution in [1.82, 2.24) is 15.2 Å². The number of carbonyl (C=O) groups excluding carboxylic acids is 1. The third-order valence-electron chi connectivity index (χ3n) is 5.13. The summed E-state index contributed by atoms with van der Waals surface area (Å²) in [6.45, 7) is 3.26. The minimum absolute atomic E-state index is 0.0610. The fourth-order valence-corrected chi connectivity index (χ4v) is 4.36. The number of hydrogen-bond donors (Lipinski definition) is 2. The van der Waals surface area contributed by atoms with Crippen molar-refractivity contribution in [2.75, 3.05) is 32.8 Å². The molecule has 4 rings (SSSR count). The summed E-state index contributed by atoms with van der Waals surface area (Å²) in [6.07, 6.45) is 0. The van der Waals surface area contributed by atoms with Crippen LogP contribution in [0.4, 0.5) is 0 Å². The van der Waals surface area contributed by atoms with Gasteiger partial charge in [-0.2, -0.15) is 0 Å². The van der Waals surface area contributed by atoms with Gasteiger partial charge in [-0.05, 0) is 29.8 Å². The van der Waals surface area contributed by atoms with Gasteiger partial charge in [0.1, 0.15) is 5.69 Å². The van der Waals surface area contributed by atoms with Crippen molar-refractivity contribution in [3.8, 4) is 0 Å². The molecule has 1 aliphatic heterocycles. The van der Waals surface area contributed by atoms with Gasteiger partial charge >= 0.3 is 0 Å². The second kappa shape index (κ2) is 8.94. The summed E-state index contributed by atoms with van der Waals surface area (Å²) in [7, 11) is 0. The van der Waals surface area contributed by atoms with Crippen LogP contribution in [-0.4, -0.2) is 48.6 Å². The van der Waals surface area contributed by atoms with Gasteiger partial charge in [0.05, 0.1) is 24.3 Å². The highest BCUT2D eigenvalue weighted by atomic mass is 35.5. The number of benzene rings is 2. The van der Waals surface area contributed by atoms with Crippen LogP contribution in [0.3, 0.4) is 0 Å². The molecule has 1 aliphatic rings. The molecule has 152 valence electrons. The molecule has 1 fully saturated rings.